The van der Waals surface area contributed by atoms with E-state index in [0.29, 0.717) is 5.69 Å². The molecule has 4 nitrogen and oxygen atoms in total. The summed E-state index contributed by atoms with van der Waals surface area (Å²) in [5.41, 5.74) is 1.04. The molecular formula is C16H14N2O2. The van der Waals surface area contributed by atoms with Crippen LogP contribution in [0.3, 0.4) is 0 Å². The highest BCUT2D eigenvalue weighted by molar-refractivity contribution is 6.07. The Hall–Kier alpha value is -2.75. The summed E-state index contributed by atoms with van der Waals surface area (Å²) in [6, 6.07) is 10.2. The van der Waals surface area contributed by atoms with Crippen LogP contribution in [0.2, 0.25) is 0 Å². The van der Waals surface area contributed by atoms with Gasteiger partial charge in [0, 0.05) is 19.4 Å². The van der Waals surface area contributed by atoms with Gasteiger partial charge in [-0.25, -0.2) is 0 Å². The van der Waals surface area contributed by atoms with E-state index < -0.39 is 0 Å². The number of nitrogens with one attached hydrogen (secondary N) is 1. The number of ketones is 1. The number of hydrogen-bond donors (Lipinski definition) is 1. The van der Waals surface area contributed by atoms with Crippen molar-refractivity contribution in [2.45, 2.75) is 0 Å². The molecule has 0 fully saturated rings. The number of allylic oxidation sites excluding steroid dienone is 1. The van der Waals surface area contributed by atoms with Crippen LogP contribution in [0.15, 0.2) is 59.7 Å². The number of carbonyl (C=O) groups excluding carboxylic acids is 1. The van der Waals surface area contributed by atoms with Crippen LogP contribution in [0.25, 0.3) is 6.08 Å². The Morgan fingerprint density at radius 1 is 1.20 bits per heavy atom. The molecule has 0 bridgehead atoms. The lowest BCUT2D eigenvalue weighted by Crippen LogP contribution is -2.14. The Bertz CT molecular complexity index is 694. The summed E-state index contributed by atoms with van der Waals surface area (Å²) in [5.74, 6) is -0.327. The summed E-state index contributed by atoms with van der Waals surface area (Å²) in [6.07, 6.45) is 6.32. The van der Waals surface area contributed by atoms with Gasteiger partial charge in [0.1, 0.15) is 0 Å². The van der Waals surface area contributed by atoms with Crippen LogP contribution < -0.4 is 10.7 Å². The highest BCUT2D eigenvalue weighted by atomic mass is 16.1. The van der Waals surface area contributed by atoms with Gasteiger partial charge in [0.05, 0.1) is 11.3 Å². The molecule has 0 aliphatic carbocycles. The lowest BCUT2D eigenvalue weighted by atomic mass is 10.1. The molecule has 100 valence electrons. The van der Waals surface area contributed by atoms with Crippen molar-refractivity contribution in [1.29, 1.82) is 0 Å². The number of nitrogens with zero attached hydrogens (tertiary/aromatic N) is 1. The largest absolute Gasteiger partial charge is 0.385 e. The predicted octanol–water partition coefficient (Wildman–Crippen LogP) is 2.38. The Balaban J connectivity index is 2.34. The first-order valence-electron chi connectivity index (χ1n) is 6.16. The standard InChI is InChI=1S/C16H14N2O2/c1-17-14-7-3-2-6-13(16(14)20)15(19)9-8-12-5-4-10-18-11-12/h2-11H,1H3,(H,17,20)/b9-8-. The lowest BCUT2D eigenvalue weighted by molar-refractivity contribution is 0.104. The Morgan fingerprint density at radius 3 is 2.70 bits per heavy atom. The zero-order chi connectivity index (χ0) is 14.4. The van der Waals surface area contributed by atoms with Gasteiger partial charge >= 0.3 is 0 Å². The zero-order valence-corrected chi connectivity index (χ0v) is 11.0. The normalized spacial score (nSPS) is 10.4. The van der Waals surface area contributed by atoms with E-state index in [-0.39, 0.29) is 16.8 Å². The third-order valence-electron chi connectivity index (χ3n) is 2.77. The molecule has 0 saturated heterocycles. The number of pyridine rings is 1. The molecule has 2 rings (SSSR count). The van der Waals surface area contributed by atoms with Crippen LogP contribution in [-0.2, 0) is 0 Å². The summed E-state index contributed by atoms with van der Waals surface area (Å²) >= 11 is 0. The molecule has 0 unspecified atom stereocenters. The summed E-state index contributed by atoms with van der Waals surface area (Å²) in [7, 11) is 1.65. The molecule has 0 aliphatic heterocycles. The van der Waals surface area contributed by atoms with E-state index >= 15 is 0 Å². The number of rotatable bonds is 4. The van der Waals surface area contributed by atoms with Gasteiger partial charge in [0.25, 0.3) is 0 Å². The second-order valence-corrected chi connectivity index (χ2v) is 4.11. The molecule has 0 spiro atoms. The Labute approximate surface area is 116 Å². The van der Waals surface area contributed by atoms with E-state index in [2.05, 4.69) is 10.3 Å². The van der Waals surface area contributed by atoms with Crippen molar-refractivity contribution in [3.05, 3.63) is 76.2 Å². The Kier molecular flexibility index (Phi) is 4.39. The van der Waals surface area contributed by atoms with E-state index in [1.807, 2.05) is 6.07 Å². The van der Waals surface area contributed by atoms with Crippen molar-refractivity contribution in [1.82, 2.24) is 4.98 Å². The van der Waals surface area contributed by atoms with Gasteiger partial charge in [0.15, 0.2) is 5.78 Å². The molecule has 2 aromatic rings. The minimum absolute atomic E-state index is 0.138. The van der Waals surface area contributed by atoms with Crippen LogP contribution >= 0.6 is 0 Å². The maximum absolute atomic E-state index is 12.1. The van der Waals surface area contributed by atoms with Gasteiger partial charge in [-0.15, -0.1) is 0 Å². The van der Waals surface area contributed by atoms with Crippen molar-refractivity contribution >= 4 is 17.5 Å². The summed E-state index contributed by atoms with van der Waals surface area (Å²) in [5, 5.41) is 2.79. The van der Waals surface area contributed by atoms with Gasteiger partial charge < -0.3 is 5.32 Å². The molecule has 20 heavy (non-hydrogen) atoms. The van der Waals surface area contributed by atoms with Crippen LogP contribution in [0.1, 0.15) is 15.9 Å². The quantitative estimate of drug-likeness (QED) is 0.682. The van der Waals surface area contributed by atoms with Crippen LogP contribution in [0.5, 0.6) is 0 Å². The SMILES string of the molecule is CNc1ccccc(C(=O)/C=C\c2cccnc2)c1=O. The maximum atomic E-state index is 12.1. The minimum atomic E-state index is -0.327. The van der Waals surface area contributed by atoms with Gasteiger partial charge in [-0.3, -0.25) is 14.6 Å². The molecule has 0 saturated carbocycles. The molecule has 1 heterocycles. The van der Waals surface area contributed by atoms with Gasteiger partial charge in [-0.2, -0.15) is 0 Å². The van der Waals surface area contributed by atoms with Gasteiger partial charge in [-0.05, 0) is 35.9 Å². The van der Waals surface area contributed by atoms with E-state index in [1.54, 1.807) is 49.8 Å². The van der Waals surface area contributed by atoms with Gasteiger partial charge in [0.2, 0.25) is 5.43 Å². The van der Waals surface area contributed by atoms with Crippen molar-refractivity contribution in [3.8, 4) is 0 Å². The molecule has 4 heteroatoms. The fraction of sp³-hybridized carbons (Fsp3) is 0.0625. The number of aromatic nitrogens is 1. The van der Waals surface area contributed by atoms with E-state index in [1.165, 1.54) is 12.1 Å². The fourth-order valence-electron chi connectivity index (χ4n) is 1.73. The summed E-state index contributed by atoms with van der Waals surface area (Å²) < 4.78 is 0. The molecule has 0 aliphatic rings. The molecule has 0 amide bonds. The molecule has 0 radical (unpaired) electrons. The third-order valence-corrected chi connectivity index (χ3v) is 2.77. The fourth-order valence-corrected chi connectivity index (χ4v) is 1.73. The Morgan fingerprint density at radius 2 is 2.00 bits per heavy atom. The molecule has 1 aromatic carbocycles. The number of carbonyl (C=O) groups is 1. The number of hydrogen-bond acceptors (Lipinski definition) is 4. The number of anilines is 1. The van der Waals surface area contributed by atoms with Crippen molar-refractivity contribution in [2.75, 3.05) is 12.4 Å². The summed E-state index contributed by atoms with van der Waals surface area (Å²) in [6.45, 7) is 0. The van der Waals surface area contributed by atoms with E-state index in [0.717, 1.165) is 5.56 Å². The summed E-state index contributed by atoms with van der Waals surface area (Å²) in [4.78, 5) is 28.2. The lowest BCUT2D eigenvalue weighted by Gasteiger charge is -1.95. The third kappa shape index (κ3) is 3.17. The highest BCUT2D eigenvalue weighted by Crippen LogP contribution is 2.04. The van der Waals surface area contributed by atoms with Crippen LogP contribution in [0.4, 0.5) is 5.69 Å². The molecule has 1 N–H and O–H groups in total. The monoisotopic (exact) mass is 266 g/mol. The van der Waals surface area contributed by atoms with E-state index in [9.17, 15) is 9.59 Å². The van der Waals surface area contributed by atoms with E-state index in [4.69, 9.17) is 0 Å². The maximum Gasteiger partial charge on any atom is 0.212 e. The first-order valence-corrected chi connectivity index (χ1v) is 6.16. The first kappa shape index (κ1) is 13.7. The predicted molar refractivity (Wildman–Crippen MR) is 79.9 cm³/mol. The second-order valence-electron chi connectivity index (χ2n) is 4.11. The van der Waals surface area contributed by atoms with Crippen molar-refractivity contribution in [3.63, 3.8) is 0 Å². The smallest absolute Gasteiger partial charge is 0.212 e. The van der Waals surface area contributed by atoms with Gasteiger partial charge in [-0.1, -0.05) is 18.2 Å². The van der Waals surface area contributed by atoms with Crippen molar-refractivity contribution < 1.29 is 4.79 Å². The average Bonchev–Trinajstić information content (AvgIpc) is 2.67. The molecule has 1 aromatic heterocycles. The highest BCUT2D eigenvalue weighted by Gasteiger charge is 2.08. The minimum Gasteiger partial charge on any atom is -0.385 e. The van der Waals surface area contributed by atoms with Crippen molar-refractivity contribution in [2.24, 2.45) is 0 Å². The second kappa shape index (κ2) is 6.43. The topological polar surface area (TPSA) is 59.1 Å². The average molecular weight is 266 g/mol. The zero-order valence-electron chi connectivity index (χ0n) is 11.0. The first-order chi connectivity index (χ1) is 9.72. The van der Waals surface area contributed by atoms with Crippen LogP contribution in [-0.4, -0.2) is 17.8 Å². The molecular weight excluding hydrogens is 252 g/mol. The van der Waals surface area contributed by atoms with Crippen LogP contribution in [0, 0.1) is 0 Å². The molecule has 0 atom stereocenters.